The average molecular weight is 348 g/mol. The maximum atomic E-state index is 13.1. The smallest absolute Gasteiger partial charge is 0.190 e. The standard InChI is InChI=1S/C24H28O2/c1-6-7-12-26-22-15-20-19(13-17(22)3)23(25)21(24(20,4)5)14-18-10-8-16(2)9-11-18/h8-11,13-15H,6-7,12H2,1-5H3/b21-14+. The number of carbonyl (C=O) groups excluding carboxylic acids is 1. The zero-order valence-electron chi connectivity index (χ0n) is 16.5. The first-order valence-electron chi connectivity index (χ1n) is 9.46. The summed E-state index contributed by atoms with van der Waals surface area (Å²) >= 11 is 0. The van der Waals surface area contributed by atoms with Crippen molar-refractivity contribution in [2.45, 2.75) is 52.9 Å². The Morgan fingerprint density at radius 1 is 1.08 bits per heavy atom. The second-order valence-corrected chi connectivity index (χ2v) is 7.79. The van der Waals surface area contributed by atoms with E-state index in [-0.39, 0.29) is 11.2 Å². The maximum absolute atomic E-state index is 13.1. The molecule has 0 aromatic heterocycles. The molecular weight excluding hydrogens is 320 g/mol. The van der Waals surface area contributed by atoms with Crippen molar-refractivity contribution in [3.63, 3.8) is 0 Å². The molecule has 0 fully saturated rings. The van der Waals surface area contributed by atoms with Crippen LogP contribution in [-0.4, -0.2) is 12.4 Å². The van der Waals surface area contributed by atoms with Crippen LogP contribution in [0.4, 0.5) is 0 Å². The molecule has 2 aromatic carbocycles. The molecule has 0 aliphatic heterocycles. The Morgan fingerprint density at radius 2 is 1.77 bits per heavy atom. The highest BCUT2D eigenvalue weighted by atomic mass is 16.5. The number of aryl methyl sites for hydroxylation is 2. The maximum Gasteiger partial charge on any atom is 0.190 e. The van der Waals surface area contributed by atoms with Crippen LogP contribution >= 0.6 is 0 Å². The van der Waals surface area contributed by atoms with Gasteiger partial charge in [0.2, 0.25) is 0 Å². The minimum Gasteiger partial charge on any atom is -0.493 e. The van der Waals surface area contributed by atoms with Gasteiger partial charge in [0.15, 0.2) is 5.78 Å². The summed E-state index contributed by atoms with van der Waals surface area (Å²) in [5.41, 5.74) is 5.72. The Morgan fingerprint density at radius 3 is 2.42 bits per heavy atom. The van der Waals surface area contributed by atoms with E-state index >= 15 is 0 Å². The third kappa shape index (κ3) is 3.33. The summed E-state index contributed by atoms with van der Waals surface area (Å²) in [6.07, 6.45) is 4.18. The van der Waals surface area contributed by atoms with Crippen molar-refractivity contribution in [1.29, 1.82) is 0 Å². The SMILES string of the molecule is CCCCOc1cc2c(cc1C)C(=O)/C(=C\c1ccc(C)cc1)C2(C)C. The number of carbonyl (C=O) groups is 1. The Kier molecular flexibility index (Phi) is 5.04. The first-order chi connectivity index (χ1) is 12.3. The zero-order valence-corrected chi connectivity index (χ0v) is 16.5. The van der Waals surface area contributed by atoms with Gasteiger partial charge in [-0.3, -0.25) is 4.79 Å². The van der Waals surface area contributed by atoms with E-state index in [0.29, 0.717) is 0 Å². The third-order valence-corrected chi connectivity index (χ3v) is 5.29. The number of hydrogen-bond donors (Lipinski definition) is 0. The molecule has 0 bridgehead atoms. The summed E-state index contributed by atoms with van der Waals surface area (Å²) < 4.78 is 5.97. The van der Waals surface area contributed by atoms with Gasteiger partial charge in [-0.25, -0.2) is 0 Å². The summed E-state index contributed by atoms with van der Waals surface area (Å²) in [7, 11) is 0. The summed E-state index contributed by atoms with van der Waals surface area (Å²) in [5, 5.41) is 0. The number of ketones is 1. The van der Waals surface area contributed by atoms with E-state index < -0.39 is 0 Å². The lowest BCUT2D eigenvalue weighted by Crippen LogP contribution is -2.17. The molecule has 1 aliphatic carbocycles. The van der Waals surface area contributed by atoms with E-state index in [9.17, 15) is 4.79 Å². The second kappa shape index (κ2) is 7.11. The van der Waals surface area contributed by atoms with Gasteiger partial charge in [-0.15, -0.1) is 0 Å². The Hall–Kier alpha value is -2.35. The van der Waals surface area contributed by atoms with Crippen molar-refractivity contribution < 1.29 is 9.53 Å². The van der Waals surface area contributed by atoms with Crippen molar-refractivity contribution in [3.05, 3.63) is 69.8 Å². The van der Waals surface area contributed by atoms with Gasteiger partial charge in [0.25, 0.3) is 0 Å². The van der Waals surface area contributed by atoms with Crippen LogP contribution in [0, 0.1) is 13.8 Å². The topological polar surface area (TPSA) is 26.3 Å². The Bertz CT molecular complexity index is 855. The van der Waals surface area contributed by atoms with Gasteiger partial charge in [-0.05, 0) is 55.2 Å². The number of unbranched alkanes of at least 4 members (excludes halogenated alkanes) is 1. The first-order valence-corrected chi connectivity index (χ1v) is 9.46. The molecule has 2 heteroatoms. The largest absolute Gasteiger partial charge is 0.493 e. The van der Waals surface area contributed by atoms with E-state index in [1.165, 1.54) is 5.56 Å². The van der Waals surface area contributed by atoms with Gasteiger partial charge in [0, 0.05) is 16.6 Å². The summed E-state index contributed by atoms with van der Waals surface area (Å²) in [6, 6.07) is 12.4. The monoisotopic (exact) mass is 348 g/mol. The van der Waals surface area contributed by atoms with Gasteiger partial charge in [-0.1, -0.05) is 57.0 Å². The molecule has 0 spiro atoms. The molecule has 1 aliphatic rings. The molecule has 0 radical (unpaired) electrons. The summed E-state index contributed by atoms with van der Waals surface area (Å²) in [6.45, 7) is 11.2. The van der Waals surface area contributed by atoms with Gasteiger partial charge in [0.1, 0.15) is 5.75 Å². The first kappa shape index (κ1) is 18.4. The van der Waals surface area contributed by atoms with Crippen LogP contribution in [0.5, 0.6) is 5.75 Å². The van der Waals surface area contributed by atoms with Crippen molar-refractivity contribution in [3.8, 4) is 5.75 Å². The quantitative estimate of drug-likeness (QED) is 0.486. The highest BCUT2D eigenvalue weighted by molar-refractivity contribution is 6.17. The molecular formula is C24H28O2. The van der Waals surface area contributed by atoms with Crippen LogP contribution in [-0.2, 0) is 5.41 Å². The molecule has 2 aromatic rings. The van der Waals surface area contributed by atoms with Crippen LogP contribution in [0.2, 0.25) is 0 Å². The number of hydrogen-bond acceptors (Lipinski definition) is 2. The highest BCUT2D eigenvalue weighted by Crippen LogP contribution is 2.45. The van der Waals surface area contributed by atoms with Gasteiger partial charge in [-0.2, -0.15) is 0 Å². The Labute approximate surface area is 156 Å². The fraction of sp³-hybridized carbons (Fsp3) is 0.375. The predicted molar refractivity (Wildman–Crippen MR) is 108 cm³/mol. The van der Waals surface area contributed by atoms with Crippen molar-refractivity contribution in [1.82, 2.24) is 0 Å². The molecule has 0 heterocycles. The lowest BCUT2D eigenvalue weighted by atomic mass is 9.81. The van der Waals surface area contributed by atoms with E-state index in [2.05, 4.69) is 58.0 Å². The van der Waals surface area contributed by atoms with Crippen LogP contribution < -0.4 is 4.74 Å². The second-order valence-electron chi connectivity index (χ2n) is 7.79. The summed E-state index contributed by atoms with van der Waals surface area (Å²) in [5.74, 6) is 1.03. The number of benzene rings is 2. The van der Waals surface area contributed by atoms with Crippen molar-refractivity contribution in [2.75, 3.05) is 6.61 Å². The lowest BCUT2D eigenvalue weighted by Gasteiger charge is -2.22. The number of ether oxygens (including phenoxy) is 1. The fourth-order valence-electron chi connectivity index (χ4n) is 3.52. The molecule has 26 heavy (non-hydrogen) atoms. The predicted octanol–water partition coefficient (Wildman–Crippen LogP) is 6.04. The number of rotatable bonds is 5. The van der Waals surface area contributed by atoms with Gasteiger partial charge < -0.3 is 4.74 Å². The van der Waals surface area contributed by atoms with Crippen LogP contribution in [0.1, 0.15) is 66.2 Å². The average Bonchev–Trinajstić information content (AvgIpc) is 2.78. The lowest BCUT2D eigenvalue weighted by molar-refractivity contribution is 0.103. The molecule has 0 N–H and O–H groups in total. The normalized spacial score (nSPS) is 16.8. The number of allylic oxidation sites excluding steroid dienone is 1. The van der Waals surface area contributed by atoms with Gasteiger partial charge in [0.05, 0.1) is 6.61 Å². The fourth-order valence-corrected chi connectivity index (χ4v) is 3.52. The number of fused-ring (bicyclic) bond motifs is 1. The molecule has 2 nitrogen and oxygen atoms in total. The number of Topliss-reactive ketones (excluding diaryl/α,β-unsaturated/α-hetero) is 1. The summed E-state index contributed by atoms with van der Waals surface area (Å²) in [4.78, 5) is 13.1. The third-order valence-electron chi connectivity index (χ3n) is 5.29. The van der Waals surface area contributed by atoms with E-state index in [4.69, 9.17) is 4.74 Å². The van der Waals surface area contributed by atoms with Crippen LogP contribution in [0.15, 0.2) is 42.0 Å². The molecule has 0 unspecified atom stereocenters. The molecule has 0 atom stereocenters. The molecule has 0 amide bonds. The van der Waals surface area contributed by atoms with Crippen LogP contribution in [0.3, 0.4) is 0 Å². The van der Waals surface area contributed by atoms with E-state index in [1.54, 1.807) is 0 Å². The van der Waals surface area contributed by atoms with E-state index in [1.807, 2.05) is 19.1 Å². The highest BCUT2D eigenvalue weighted by Gasteiger charge is 2.41. The molecule has 136 valence electrons. The van der Waals surface area contributed by atoms with Crippen molar-refractivity contribution >= 4 is 11.9 Å². The van der Waals surface area contributed by atoms with Crippen LogP contribution in [0.25, 0.3) is 6.08 Å². The minimum atomic E-state index is -0.326. The zero-order chi connectivity index (χ0) is 18.9. The molecule has 0 saturated carbocycles. The van der Waals surface area contributed by atoms with Gasteiger partial charge >= 0.3 is 0 Å². The van der Waals surface area contributed by atoms with E-state index in [0.717, 1.165) is 53.0 Å². The molecule has 0 saturated heterocycles. The molecule has 3 rings (SSSR count). The minimum absolute atomic E-state index is 0.133. The van der Waals surface area contributed by atoms with Crippen molar-refractivity contribution in [2.24, 2.45) is 0 Å². The Balaban J connectivity index is 2.01.